The molecule has 17 heavy (non-hydrogen) atoms. The predicted molar refractivity (Wildman–Crippen MR) is 62.2 cm³/mol. The molecule has 3 rings (SSSR count). The summed E-state index contributed by atoms with van der Waals surface area (Å²) < 4.78 is 16.1. The Morgan fingerprint density at radius 1 is 1.18 bits per heavy atom. The highest BCUT2D eigenvalue weighted by Gasteiger charge is 2.20. The monoisotopic (exact) mass is 231 g/mol. The van der Waals surface area contributed by atoms with Crippen LogP contribution in [0.1, 0.15) is 25.3 Å². The maximum Gasteiger partial charge on any atom is 0.231 e. The van der Waals surface area contributed by atoms with Crippen molar-refractivity contribution in [3.8, 4) is 22.8 Å². The molecule has 0 saturated heterocycles. The lowest BCUT2D eigenvalue weighted by molar-refractivity contribution is 0.174. The molecule has 4 heteroatoms. The Morgan fingerprint density at radius 3 is 2.59 bits per heavy atom. The molecule has 2 heterocycles. The molecule has 0 radical (unpaired) electrons. The zero-order valence-electron chi connectivity index (χ0n) is 9.77. The van der Waals surface area contributed by atoms with Gasteiger partial charge in [0.2, 0.25) is 6.79 Å². The van der Waals surface area contributed by atoms with Crippen LogP contribution < -0.4 is 9.47 Å². The number of fused-ring (bicyclic) bond motifs is 1. The van der Waals surface area contributed by atoms with E-state index in [9.17, 15) is 0 Å². The molecule has 0 spiro atoms. The molecule has 1 aliphatic rings. The van der Waals surface area contributed by atoms with Crippen LogP contribution in [0.15, 0.2) is 29.1 Å². The van der Waals surface area contributed by atoms with E-state index >= 15 is 0 Å². The molecule has 1 aromatic carbocycles. The van der Waals surface area contributed by atoms with Gasteiger partial charge in [-0.05, 0) is 23.6 Å². The van der Waals surface area contributed by atoms with E-state index < -0.39 is 0 Å². The second-order valence-electron chi connectivity index (χ2n) is 4.31. The molecule has 0 N–H and O–H groups in total. The third kappa shape index (κ3) is 1.65. The summed E-state index contributed by atoms with van der Waals surface area (Å²) in [4.78, 5) is 3.95. The van der Waals surface area contributed by atoms with Gasteiger partial charge in [-0.3, -0.25) is 0 Å². The number of aromatic nitrogens is 1. The van der Waals surface area contributed by atoms with Crippen molar-refractivity contribution in [1.29, 1.82) is 0 Å². The maximum atomic E-state index is 5.39. The van der Waals surface area contributed by atoms with Crippen molar-refractivity contribution in [3.63, 3.8) is 0 Å². The first-order chi connectivity index (χ1) is 8.25. The summed E-state index contributed by atoms with van der Waals surface area (Å²) in [6.45, 7) is 4.56. The lowest BCUT2D eigenvalue weighted by Crippen LogP contribution is -1.93. The molecule has 0 saturated carbocycles. The number of benzene rings is 1. The quantitative estimate of drug-likeness (QED) is 0.796. The van der Waals surface area contributed by atoms with Gasteiger partial charge < -0.3 is 13.9 Å². The number of hydrogen-bond acceptors (Lipinski definition) is 4. The summed E-state index contributed by atoms with van der Waals surface area (Å²) >= 11 is 0. The van der Waals surface area contributed by atoms with E-state index in [1.165, 1.54) is 12.0 Å². The lowest BCUT2D eigenvalue weighted by Gasteiger charge is -2.11. The fourth-order valence-corrected chi connectivity index (χ4v) is 2.00. The number of hydrogen-bond donors (Lipinski definition) is 0. The van der Waals surface area contributed by atoms with Gasteiger partial charge in [0.1, 0.15) is 0 Å². The number of oxazole rings is 1. The summed E-state index contributed by atoms with van der Waals surface area (Å²) in [5.41, 5.74) is 2.19. The first-order valence-corrected chi connectivity index (χ1v) is 5.58. The van der Waals surface area contributed by atoms with E-state index in [1.807, 2.05) is 12.1 Å². The summed E-state index contributed by atoms with van der Waals surface area (Å²) in [7, 11) is 0. The Kier molecular flexibility index (Phi) is 2.28. The molecular weight excluding hydrogens is 218 g/mol. The van der Waals surface area contributed by atoms with E-state index in [0.29, 0.717) is 5.92 Å². The topological polar surface area (TPSA) is 44.5 Å². The molecule has 0 aliphatic carbocycles. The molecule has 1 aromatic heterocycles. The Morgan fingerprint density at radius 2 is 1.94 bits per heavy atom. The zero-order chi connectivity index (χ0) is 11.8. The van der Waals surface area contributed by atoms with E-state index in [1.54, 1.807) is 6.20 Å². The highest BCUT2D eigenvalue weighted by molar-refractivity contribution is 5.68. The van der Waals surface area contributed by atoms with Crippen LogP contribution >= 0.6 is 0 Å². The van der Waals surface area contributed by atoms with E-state index in [2.05, 4.69) is 18.8 Å². The summed E-state index contributed by atoms with van der Waals surface area (Å²) in [6, 6.07) is 3.98. The molecule has 0 amide bonds. The van der Waals surface area contributed by atoms with Crippen LogP contribution in [0.25, 0.3) is 11.3 Å². The second kappa shape index (κ2) is 3.80. The Bertz CT molecular complexity index is 532. The largest absolute Gasteiger partial charge is 0.454 e. The second-order valence-corrected chi connectivity index (χ2v) is 4.31. The van der Waals surface area contributed by atoms with Crippen molar-refractivity contribution in [2.45, 2.75) is 19.8 Å². The number of rotatable bonds is 2. The standard InChI is InChI=1S/C13H13NO3/c1-8(2)9-3-11-12(17-7-16-11)4-10(9)13-5-14-6-15-13/h3-6,8H,7H2,1-2H3. The van der Waals surface area contributed by atoms with E-state index in [0.717, 1.165) is 22.8 Å². The third-order valence-corrected chi connectivity index (χ3v) is 2.86. The van der Waals surface area contributed by atoms with Gasteiger partial charge in [0.05, 0.1) is 6.20 Å². The fourth-order valence-electron chi connectivity index (χ4n) is 2.00. The summed E-state index contributed by atoms with van der Waals surface area (Å²) in [5.74, 6) is 2.70. The van der Waals surface area contributed by atoms with Gasteiger partial charge in [0.15, 0.2) is 23.7 Å². The molecule has 88 valence electrons. The molecule has 0 unspecified atom stereocenters. The van der Waals surface area contributed by atoms with Crippen molar-refractivity contribution < 1.29 is 13.9 Å². The van der Waals surface area contributed by atoms with Gasteiger partial charge >= 0.3 is 0 Å². The smallest absolute Gasteiger partial charge is 0.231 e. The van der Waals surface area contributed by atoms with Crippen LogP contribution in [0.2, 0.25) is 0 Å². The third-order valence-electron chi connectivity index (χ3n) is 2.86. The zero-order valence-corrected chi connectivity index (χ0v) is 9.77. The van der Waals surface area contributed by atoms with E-state index in [4.69, 9.17) is 13.9 Å². The van der Waals surface area contributed by atoms with Gasteiger partial charge in [-0.25, -0.2) is 4.98 Å². The van der Waals surface area contributed by atoms with Crippen LogP contribution in [0.5, 0.6) is 11.5 Å². The van der Waals surface area contributed by atoms with Crippen molar-refractivity contribution in [2.75, 3.05) is 6.79 Å². The molecule has 0 fully saturated rings. The Labute approximate surface area is 99.2 Å². The van der Waals surface area contributed by atoms with Gasteiger partial charge in [-0.1, -0.05) is 13.8 Å². The first-order valence-electron chi connectivity index (χ1n) is 5.58. The number of ether oxygens (including phenoxy) is 2. The minimum atomic E-state index is 0.284. The predicted octanol–water partition coefficient (Wildman–Crippen LogP) is 3.19. The minimum Gasteiger partial charge on any atom is -0.454 e. The van der Waals surface area contributed by atoms with Crippen LogP contribution in [0.3, 0.4) is 0 Å². The van der Waals surface area contributed by atoms with Crippen LogP contribution in [-0.2, 0) is 0 Å². The molecule has 0 bridgehead atoms. The van der Waals surface area contributed by atoms with Crippen molar-refractivity contribution >= 4 is 0 Å². The number of nitrogens with zero attached hydrogens (tertiary/aromatic N) is 1. The first kappa shape index (κ1) is 10.2. The average molecular weight is 231 g/mol. The van der Waals surface area contributed by atoms with Gasteiger partial charge in [-0.2, -0.15) is 0 Å². The van der Waals surface area contributed by atoms with E-state index in [-0.39, 0.29) is 6.79 Å². The highest BCUT2D eigenvalue weighted by atomic mass is 16.7. The molecule has 2 aromatic rings. The average Bonchev–Trinajstić information content (AvgIpc) is 2.98. The SMILES string of the molecule is CC(C)c1cc2c(cc1-c1cnco1)OCO2. The van der Waals surface area contributed by atoms with Gasteiger partial charge in [-0.15, -0.1) is 0 Å². The molecule has 0 atom stereocenters. The normalized spacial score (nSPS) is 13.4. The molecule has 1 aliphatic heterocycles. The Balaban J connectivity index is 2.19. The Hall–Kier alpha value is -1.97. The summed E-state index contributed by atoms with van der Waals surface area (Å²) in [5, 5.41) is 0. The van der Waals surface area contributed by atoms with Gasteiger partial charge in [0, 0.05) is 5.56 Å². The maximum absolute atomic E-state index is 5.39. The van der Waals surface area contributed by atoms with Crippen molar-refractivity contribution in [2.24, 2.45) is 0 Å². The summed E-state index contributed by atoms with van der Waals surface area (Å²) in [6.07, 6.45) is 3.15. The van der Waals surface area contributed by atoms with Crippen LogP contribution in [0, 0.1) is 0 Å². The fraction of sp³-hybridized carbons (Fsp3) is 0.308. The lowest BCUT2D eigenvalue weighted by atomic mass is 9.95. The highest BCUT2D eigenvalue weighted by Crippen LogP contribution is 2.41. The van der Waals surface area contributed by atoms with Crippen molar-refractivity contribution in [3.05, 3.63) is 30.3 Å². The van der Waals surface area contributed by atoms with Crippen molar-refractivity contribution in [1.82, 2.24) is 4.98 Å². The van der Waals surface area contributed by atoms with Gasteiger partial charge in [0.25, 0.3) is 0 Å². The minimum absolute atomic E-state index is 0.284. The van der Waals surface area contributed by atoms with Crippen LogP contribution in [-0.4, -0.2) is 11.8 Å². The molecule has 4 nitrogen and oxygen atoms in total. The molecular formula is C13H13NO3. The van der Waals surface area contributed by atoms with Crippen LogP contribution in [0.4, 0.5) is 0 Å².